The summed E-state index contributed by atoms with van der Waals surface area (Å²) in [6.07, 6.45) is 4.70. The standard InChI is InChI=1S/C21H28N4O4S/c1-25-12-13-30-21(25)24-23-20(28)18(26)17(15-10-6-7-11-16(15)29-2)22-19(27)14-8-4-3-5-9-14/h6-7,10-11,14,17H,3-5,8-9,12-13H2,1-2H3,(H,22,27)(H,23,28). The molecule has 1 saturated heterocycles. The maximum absolute atomic E-state index is 13.0. The smallest absolute Gasteiger partial charge is 0.310 e. The molecule has 162 valence electrons. The van der Waals surface area contributed by atoms with Crippen LogP contribution in [0.3, 0.4) is 0 Å². The summed E-state index contributed by atoms with van der Waals surface area (Å²) in [5.41, 5.74) is 2.79. The number of carbonyl (C=O) groups excluding carboxylic acids is 3. The highest BCUT2D eigenvalue weighted by atomic mass is 32.2. The van der Waals surface area contributed by atoms with Crippen molar-refractivity contribution in [3.05, 3.63) is 29.8 Å². The second-order valence-electron chi connectivity index (χ2n) is 7.49. The van der Waals surface area contributed by atoms with E-state index in [1.165, 1.54) is 18.9 Å². The van der Waals surface area contributed by atoms with Crippen molar-refractivity contribution in [1.29, 1.82) is 0 Å². The third-order valence-corrected chi connectivity index (χ3v) is 6.48. The van der Waals surface area contributed by atoms with Gasteiger partial charge in [0.2, 0.25) is 11.7 Å². The number of rotatable bonds is 7. The maximum atomic E-state index is 13.0. The van der Waals surface area contributed by atoms with Crippen LogP contribution in [0.15, 0.2) is 29.4 Å². The molecule has 0 radical (unpaired) electrons. The average molecular weight is 433 g/mol. The van der Waals surface area contributed by atoms with E-state index in [0.717, 1.165) is 44.4 Å². The zero-order valence-electron chi connectivity index (χ0n) is 17.3. The number of hydrazone groups is 1. The van der Waals surface area contributed by atoms with Gasteiger partial charge in [0.05, 0.1) is 7.11 Å². The fourth-order valence-corrected chi connectivity index (χ4v) is 4.67. The van der Waals surface area contributed by atoms with E-state index in [2.05, 4.69) is 15.8 Å². The molecule has 3 rings (SSSR count). The van der Waals surface area contributed by atoms with Gasteiger partial charge < -0.3 is 15.0 Å². The Morgan fingerprint density at radius 3 is 2.60 bits per heavy atom. The van der Waals surface area contributed by atoms with Crippen molar-refractivity contribution in [2.24, 2.45) is 11.0 Å². The molecule has 2 aliphatic rings. The molecule has 9 heteroatoms. The minimum Gasteiger partial charge on any atom is -0.496 e. The van der Waals surface area contributed by atoms with Crippen LogP contribution in [0, 0.1) is 5.92 Å². The van der Waals surface area contributed by atoms with Crippen LogP contribution < -0.4 is 15.5 Å². The highest BCUT2D eigenvalue weighted by molar-refractivity contribution is 8.14. The van der Waals surface area contributed by atoms with Gasteiger partial charge in [0.25, 0.3) is 0 Å². The number of para-hydroxylation sites is 1. The minimum atomic E-state index is -1.13. The van der Waals surface area contributed by atoms with Gasteiger partial charge in [0.1, 0.15) is 11.8 Å². The Morgan fingerprint density at radius 1 is 1.20 bits per heavy atom. The highest BCUT2D eigenvalue weighted by Gasteiger charge is 2.33. The Balaban J connectivity index is 1.79. The first kappa shape index (κ1) is 22.1. The average Bonchev–Trinajstić information content (AvgIpc) is 3.20. The number of thioether (sulfide) groups is 1. The van der Waals surface area contributed by atoms with Gasteiger partial charge in [-0.05, 0) is 18.9 Å². The summed E-state index contributed by atoms with van der Waals surface area (Å²) in [7, 11) is 3.36. The van der Waals surface area contributed by atoms with Crippen molar-refractivity contribution in [3.8, 4) is 5.75 Å². The number of ether oxygens (including phenoxy) is 1. The Bertz CT molecular complexity index is 823. The van der Waals surface area contributed by atoms with Crippen LogP contribution in [0.1, 0.15) is 43.7 Å². The number of benzene rings is 1. The van der Waals surface area contributed by atoms with Gasteiger partial charge in [0, 0.05) is 30.8 Å². The molecule has 8 nitrogen and oxygen atoms in total. The minimum absolute atomic E-state index is 0.143. The summed E-state index contributed by atoms with van der Waals surface area (Å²) >= 11 is 1.50. The number of methoxy groups -OCH3 is 1. The van der Waals surface area contributed by atoms with E-state index in [4.69, 9.17) is 4.74 Å². The number of amides is 2. The monoisotopic (exact) mass is 432 g/mol. The van der Waals surface area contributed by atoms with Gasteiger partial charge in [-0.1, -0.05) is 49.2 Å². The van der Waals surface area contributed by atoms with Crippen molar-refractivity contribution in [2.75, 3.05) is 26.5 Å². The SMILES string of the molecule is COc1ccccc1C(NC(=O)C1CCCCC1)C(=O)C(=O)NN=C1SCCN1C. The fourth-order valence-electron chi connectivity index (χ4n) is 3.70. The maximum Gasteiger partial charge on any atom is 0.310 e. The van der Waals surface area contributed by atoms with Gasteiger partial charge in [-0.25, -0.2) is 5.43 Å². The lowest BCUT2D eigenvalue weighted by Crippen LogP contribution is -2.43. The summed E-state index contributed by atoms with van der Waals surface area (Å²) in [5.74, 6) is -0.688. The Morgan fingerprint density at radius 2 is 1.93 bits per heavy atom. The number of nitrogens with zero attached hydrogens (tertiary/aromatic N) is 2. The lowest BCUT2D eigenvalue weighted by Gasteiger charge is -2.25. The number of amidine groups is 1. The predicted octanol–water partition coefficient (Wildman–Crippen LogP) is 2.07. The van der Waals surface area contributed by atoms with E-state index < -0.39 is 17.7 Å². The van der Waals surface area contributed by atoms with Crippen LogP contribution in [-0.4, -0.2) is 54.1 Å². The van der Waals surface area contributed by atoms with Gasteiger partial charge >= 0.3 is 5.91 Å². The molecule has 1 atom stereocenters. The summed E-state index contributed by atoms with van der Waals surface area (Å²) < 4.78 is 5.37. The molecule has 1 heterocycles. The van der Waals surface area contributed by atoms with E-state index in [0.29, 0.717) is 16.5 Å². The number of hydrogen-bond donors (Lipinski definition) is 2. The number of Topliss-reactive ketones (excluding diaryl/α,β-unsaturated/α-hetero) is 1. The van der Waals surface area contributed by atoms with Gasteiger partial charge in [-0.15, -0.1) is 5.10 Å². The van der Waals surface area contributed by atoms with Crippen LogP contribution in [0.2, 0.25) is 0 Å². The van der Waals surface area contributed by atoms with Crippen molar-refractivity contribution in [2.45, 2.75) is 38.1 Å². The third-order valence-electron chi connectivity index (χ3n) is 5.44. The second kappa shape index (κ2) is 10.5. The van der Waals surface area contributed by atoms with Crippen LogP contribution >= 0.6 is 11.8 Å². The lowest BCUT2D eigenvalue weighted by atomic mass is 9.88. The molecule has 2 N–H and O–H groups in total. The lowest BCUT2D eigenvalue weighted by molar-refractivity contribution is -0.140. The third kappa shape index (κ3) is 5.33. The number of hydrogen-bond acceptors (Lipinski definition) is 6. The molecule has 2 amide bonds. The molecule has 1 unspecified atom stereocenters. The molecule has 1 saturated carbocycles. The van der Waals surface area contributed by atoms with E-state index in [9.17, 15) is 14.4 Å². The Hall–Kier alpha value is -2.55. The van der Waals surface area contributed by atoms with Gasteiger partial charge in [-0.3, -0.25) is 14.4 Å². The van der Waals surface area contributed by atoms with Crippen molar-refractivity contribution in [3.63, 3.8) is 0 Å². The predicted molar refractivity (Wildman–Crippen MR) is 116 cm³/mol. The normalized spacial score (nSPS) is 19.4. The number of ketones is 1. The molecule has 0 spiro atoms. The van der Waals surface area contributed by atoms with Crippen molar-refractivity contribution in [1.82, 2.24) is 15.6 Å². The molecule has 1 aromatic carbocycles. The van der Waals surface area contributed by atoms with Crippen LogP contribution in [0.5, 0.6) is 5.75 Å². The topological polar surface area (TPSA) is 100 Å². The zero-order valence-corrected chi connectivity index (χ0v) is 18.2. The fraction of sp³-hybridized carbons (Fsp3) is 0.524. The first-order chi connectivity index (χ1) is 14.5. The highest BCUT2D eigenvalue weighted by Crippen LogP contribution is 2.28. The number of carbonyl (C=O) groups is 3. The molecule has 1 aliphatic carbocycles. The Kier molecular flexibility index (Phi) is 7.73. The van der Waals surface area contributed by atoms with E-state index >= 15 is 0 Å². The largest absolute Gasteiger partial charge is 0.496 e. The van der Waals surface area contributed by atoms with Crippen LogP contribution in [0.4, 0.5) is 0 Å². The molecular weight excluding hydrogens is 404 g/mol. The second-order valence-corrected chi connectivity index (χ2v) is 8.55. The van der Waals surface area contributed by atoms with Crippen molar-refractivity contribution < 1.29 is 19.1 Å². The quantitative estimate of drug-likeness (QED) is 0.505. The van der Waals surface area contributed by atoms with Crippen molar-refractivity contribution >= 4 is 34.5 Å². The first-order valence-electron chi connectivity index (χ1n) is 10.2. The zero-order chi connectivity index (χ0) is 21.5. The molecule has 2 fully saturated rings. The molecular formula is C21H28N4O4S. The first-order valence-corrected chi connectivity index (χ1v) is 11.2. The van der Waals surface area contributed by atoms with E-state index in [-0.39, 0.29) is 11.8 Å². The van der Waals surface area contributed by atoms with Gasteiger partial charge in [0.15, 0.2) is 5.17 Å². The van der Waals surface area contributed by atoms with Gasteiger partial charge in [-0.2, -0.15) is 0 Å². The molecule has 30 heavy (non-hydrogen) atoms. The molecule has 1 aliphatic heterocycles. The summed E-state index contributed by atoms with van der Waals surface area (Å²) in [5, 5.41) is 7.51. The number of nitrogens with one attached hydrogen (secondary N) is 2. The van der Waals surface area contributed by atoms with Crippen LogP contribution in [0.25, 0.3) is 0 Å². The molecule has 1 aromatic rings. The van der Waals surface area contributed by atoms with E-state index in [1.54, 1.807) is 24.3 Å². The Labute approximate surface area is 180 Å². The van der Waals surface area contributed by atoms with Crippen LogP contribution in [-0.2, 0) is 14.4 Å². The summed E-state index contributed by atoms with van der Waals surface area (Å²) in [4.78, 5) is 40.4. The summed E-state index contributed by atoms with van der Waals surface area (Å²) in [6.45, 7) is 0.828. The molecule has 0 bridgehead atoms. The summed E-state index contributed by atoms with van der Waals surface area (Å²) in [6, 6.07) is 5.76. The van der Waals surface area contributed by atoms with E-state index in [1.807, 2.05) is 11.9 Å². The molecule has 0 aromatic heterocycles.